The van der Waals surface area contributed by atoms with E-state index in [9.17, 15) is 9.59 Å². The van der Waals surface area contributed by atoms with Gasteiger partial charge in [-0.1, -0.05) is 23.7 Å². The summed E-state index contributed by atoms with van der Waals surface area (Å²) in [5.74, 6) is 0.201. The molecule has 0 aliphatic carbocycles. The van der Waals surface area contributed by atoms with Crippen molar-refractivity contribution < 1.29 is 19.1 Å². The summed E-state index contributed by atoms with van der Waals surface area (Å²) in [6.07, 6.45) is 0.575. The summed E-state index contributed by atoms with van der Waals surface area (Å²) >= 11 is 6.14. The van der Waals surface area contributed by atoms with Crippen molar-refractivity contribution in [3.63, 3.8) is 0 Å². The Morgan fingerprint density at radius 1 is 1.12 bits per heavy atom. The average Bonchev–Trinajstić information content (AvgIpc) is 2.62. The molecule has 3 N–H and O–H groups in total. The summed E-state index contributed by atoms with van der Waals surface area (Å²) in [6, 6.07) is 10.2. The average molecular weight is 361 g/mol. The van der Waals surface area contributed by atoms with Crippen LogP contribution in [0.25, 0.3) is 0 Å². The van der Waals surface area contributed by atoms with Crippen LogP contribution in [0.4, 0.5) is 0 Å². The van der Waals surface area contributed by atoms with Crippen LogP contribution >= 0.6 is 11.6 Å². The van der Waals surface area contributed by atoms with Crippen molar-refractivity contribution in [2.45, 2.75) is 6.42 Å². The van der Waals surface area contributed by atoms with Gasteiger partial charge in [0.2, 0.25) is 5.91 Å². The second kappa shape index (κ2) is 7.44. The highest BCUT2D eigenvalue weighted by Gasteiger charge is 2.19. The van der Waals surface area contributed by atoms with E-state index in [1.165, 1.54) is 0 Å². The molecule has 0 saturated heterocycles. The summed E-state index contributed by atoms with van der Waals surface area (Å²) in [6.45, 7) is 1.26. The molecule has 0 radical (unpaired) electrons. The van der Waals surface area contributed by atoms with E-state index in [1.54, 1.807) is 30.3 Å². The third-order valence-electron chi connectivity index (χ3n) is 3.77. The molecule has 2 aromatic carbocycles. The maximum absolute atomic E-state index is 12.3. The van der Waals surface area contributed by atoms with Gasteiger partial charge < -0.3 is 20.5 Å². The molecule has 1 heterocycles. The highest BCUT2D eigenvalue weighted by Crippen LogP contribution is 2.38. The number of carbonyl (C=O) groups excluding carboxylic acids is 2. The van der Waals surface area contributed by atoms with Gasteiger partial charge in [-0.3, -0.25) is 9.59 Å². The number of ether oxygens (including phenoxy) is 2. The molecule has 1 aliphatic rings. The minimum absolute atomic E-state index is 0.259. The summed E-state index contributed by atoms with van der Waals surface area (Å²) in [5, 5.41) is 3.16. The second-order valence-corrected chi connectivity index (χ2v) is 5.96. The first-order valence-electron chi connectivity index (χ1n) is 7.80. The first-order chi connectivity index (χ1) is 12.0. The highest BCUT2D eigenvalue weighted by molar-refractivity contribution is 6.32. The number of fused-ring (bicyclic) bond motifs is 1. The molecule has 0 atom stereocenters. The smallest absolute Gasteiger partial charge is 0.251 e. The molecule has 7 heteroatoms. The number of nitrogens with two attached hydrogens (primary N) is 1. The Morgan fingerprint density at radius 3 is 2.72 bits per heavy atom. The molecule has 0 bridgehead atoms. The summed E-state index contributed by atoms with van der Waals surface area (Å²) in [7, 11) is 0. The van der Waals surface area contributed by atoms with Gasteiger partial charge >= 0.3 is 0 Å². The van der Waals surface area contributed by atoms with Crippen molar-refractivity contribution in [3.05, 3.63) is 58.1 Å². The predicted octanol–water partition coefficient (Wildman–Crippen LogP) is 2.18. The zero-order chi connectivity index (χ0) is 17.8. The number of benzene rings is 2. The molecular weight excluding hydrogens is 344 g/mol. The van der Waals surface area contributed by atoms with E-state index in [0.717, 1.165) is 5.56 Å². The fourth-order valence-electron chi connectivity index (χ4n) is 2.54. The van der Waals surface area contributed by atoms with E-state index in [4.69, 9.17) is 26.8 Å². The SMILES string of the molecule is NC(=O)c1cccc(CCNC(=O)c2cc(Cl)c3c(c2)OCCO3)c1. The predicted molar refractivity (Wildman–Crippen MR) is 93.4 cm³/mol. The fourth-order valence-corrected chi connectivity index (χ4v) is 2.81. The van der Waals surface area contributed by atoms with Gasteiger partial charge in [0.15, 0.2) is 11.5 Å². The van der Waals surface area contributed by atoms with Crippen molar-refractivity contribution >= 4 is 23.4 Å². The molecule has 0 spiro atoms. The molecule has 2 amide bonds. The Balaban J connectivity index is 1.62. The highest BCUT2D eigenvalue weighted by atomic mass is 35.5. The molecule has 25 heavy (non-hydrogen) atoms. The maximum Gasteiger partial charge on any atom is 0.251 e. The van der Waals surface area contributed by atoms with Crippen LogP contribution < -0.4 is 20.5 Å². The lowest BCUT2D eigenvalue weighted by molar-refractivity contribution is 0.0951. The summed E-state index contributed by atoms with van der Waals surface area (Å²) in [5.41, 5.74) is 7.03. The minimum Gasteiger partial charge on any atom is -0.486 e. The number of amides is 2. The van der Waals surface area contributed by atoms with Crippen molar-refractivity contribution in [2.24, 2.45) is 5.73 Å². The number of primary amides is 1. The van der Waals surface area contributed by atoms with Gasteiger partial charge in [0.1, 0.15) is 13.2 Å². The lowest BCUT2D eigenvalue weighted by Gasteiger charge is -2.20. The van der Waals surface area contributed by atoms with Crippen LogP contribution in [0.3, 0.4) is 0 Å². The van der Waals surface area contributed by atoms with E-state index in [2.05, 4.69) is 5.32 Å². The van der Waals surface area contributed by atoms with Crippen LogP contribution in [-0.2, 0) is 6.42 Å². The normalized spacial score (nSPS) is 12.5. The lowest BCUT2D eigenvalue weighted by atomic mass is 10.1. The number of rotatable bonds is 5. The van der Waals surface area contributed by atoms with Gasteiger partial charge in [0.25, 0.3) is 5.91 Å². The molecular formula is C18H17ClN2O4. The lowest BCUT2D eigenvalue weighted by Crippen LogP contribution is -2.26. The van der Waals surface area contributed by atoms with Gasteiger partial charge in [0, 0.05) is 17.7 Å². The second-order valence-electron chi connectivity index (χ2n) is 5.55. The van der Waals surface area contributed by atoms with Crippen LogP contribution in [0, 0.1) is 0 Å². The van der Waals surface area contributed by atoms with Crippen molar-refractivity contribution in [2.75, 3.05) is 19.8 Å². The van der Waals surface area contributed by atoms with Gasteiger partial charge in [-0.2, -0.15) is 0 Å². The zero-order valence-electron chi connectivity index (χ0n) is 13.4. The Kier molecular flexibility index (Phi) is 5.09. The largest absolute Gasteiger partial charge is 0.486 e. The molecule has 3 rings (SSSR count). The molecule has 6 nitrogen and oxygen atoms in total. The quantitative estimate of drug-likeness (QED) is 0.855. The Bertz CT molecular complexity index is 823. The van der Waals surface area contributed by atoms with E-state index >= 15 is 0 Å². The Labute approximate surface area is 149 Å². The van der Waals surface area contributed by atoms with Crippen LogP contribution in [0.15, 0.2) is 36.4 Å². The van der Waals surface area contributed by atoms with Crippen molar-refractivity contribution in [1.82, 2.24) is 5.32 Å². The monoisotopic (exact) mass is 360 g/mol. The van der Waals surface area contributed by atoms with Crippen molar-refractivity contribution in [3.8, 4) is 11.5 Å². The van der Waals surface area contributed by atoms with Crippen LogP contribution in [0.1, 0.15) is 26.3 Å². The first-order valence-corrected chi connectivity index (χ1v) is 8.18. The third-order valence-corrected chi connectivity index (χ3v) is 4.05. The van der Waals surface area contributed by atoms with E-state index in [0.29, 0.717) is 53.8 Å². The molecule has 0 unspecified atom stereocenters. The number of carbonyl (C=O) groups is 2. The fraction of sp³-hybridized carbons (Fsp3) is 0.222. The molecule has 0 aromatic heterocycles. The number of nitrogens with one attached hydrogen (secondary N) is 1. The Morgan fingerprint density at radius 2 is 1.92 bits per heavy atom. The van der Waals surface area contributed by atoms with E-state index in [-0.39, 0.29) is 5.91 Å². The maximum atomic E-state index is 12.3. The number of halogens is 1. The Hall–Kier alpha value is -2.73. The van der Waals surface area contributed by atoms with Gasteiger partial charge in [-0.25, -0.2) is 0 Å². The zero-order valence-corrected chi connectivity index (χ0v) is 14.1. The van der Waals surface area contributed by atoms with Crippen LogP contribution in [-0.4, -0.2) is 31.6 Å². The standard InChI is InChI=1S/C18H17ClN2O4/c19-14-9-13(10-15-16(14)25-7-6-24-15)18(23)21-5-4-11-2-1-3-12(8-11)17(20)22/h1-3,8-10H,4-7H2,(H2,20,22)(H,21,23). The minimum atomic E-state index is -0.475. The number of hydrogen-bond donors (Lipinski definition) is 2. The van der Waals surface area contributed by atoms with Crippen molar-refractivity contribution in [1.29, 1.82) is 0 Å². The van der Waals surface area contributed by atoms with E-state index in [1.807, 2.05) is 6.07 Å². The molecule has 0 saturated carbocycles. The molecule has 2 aromatic rings. The molecule has 1 aliphatic heterocycles. The summed E-state index contributed by atoms with van der Waals surface area (Å²) < 4.78 is 10.9. The van der Waals surface area contributed by atoms with Gasteiger partial charge in [-0.15, -0.1) is 0 Å². The van der Waals surface area contributed by atoms with Gasteiger partial charge in [0.05, 0.1) is 5.02 Å². The summed E-state index contributed by atoms with van der Waals surface area (Å²) in [4.78, 5) is 23.5. The topological polar surface area (TPSA) is 90.7 Å². The molecule has 0 fully saturated rings. The van der Waals surface area contributed by atoms with Crippen LogP contribution in [0.5, 0.6) is 11.5 Å². The third kappa shape index (κ3) is 4.03. The van der Waals surface area contributed by atoms with E-state index < -0.39 is 5.91 Å². The van der Waals surface area contributed by atoms with Gasteiger partial charge in [-0.05, 0) is 36.2 Å². The first kappa shape index (κ1) is 17.1. The molecule has 130 valence electrons. The van der Waals surface area contributed by atoms with Crippen LogP contribution in [0.2, 0.25) is 5.02 Å². The number of hydrogen-bond acceptors (Lipinski definition) is 4.